The van der Waals surface area contributed by atoms with Gasteiger partial charge in [-0.25, -0.2) is 14.4 Å². The minimum Gasteiger partial charge on any atom is -0.490 e. The average molecular weight is 802 g/mol. The summed E-state index contributed by atoms with van der Waals surface area (Å²) in [6.45, 7) is 20.2. The molecular formula is C37H46IN4O8+. The second-order valence-corrected chi connectivity index (χ2v) is 14.8. The van der Waals surface area contributed by atoms with Gasteiger partial charge in [0, 0.05) is 29.5 Å². The Kier molecular flexibility index (Phi) is 12.5. The number of imide groups is 1. The van der Waals surface area contributed by atoms with Gasteiger partial charge in [0.25, 0.3) is 11.8 Å². The molecule has 3 heterocycles. The van der Waals surface area contributed by atoms with Gasteiger partial charge in [0.1, 0.15) is 23.6 Å². The van der Waals surface area contributed by atoms with Gasteiger partial charge in [-0.15, -0.1) is 16.3 Å². The number of hydrogen-bond donors (Lipinski definition) is 0. The number of amides is 3. The number of alkyl halides is 1. The molecule has 0 spiro atoms. The zero-order valence-corrected chi connectivity index (χ0v) is 31.7. The molecule has 12 nitrogen and oxygen atoms in total. The van der Waals surface area contributed by atoms with Crippen molar-refractivity contribution < 1.29 is 42.9 Å². The van der Waals surface area contributed by atoms with Gasteiger partial charge in [0.15, 0.2) is 6.54 Å². The minimum absolute atomic E-state index is 0.193. The molecule has 3 amide bonds. The lowest BCUT2D eigenvalue weighted by Crippen LogP contribution is -2.55. The number of rotatable bonds is 11. The van der Waals surface area contributed by atoms with Crippen molar-refractivity contribution in [2.75, 3.05) is 24.1 Å². The molecule has 13 heteroatoms. The maximum absolute atomic E-state index is 13.1. The van der Waals surface area contributed by atoms with Crippen molar-refractivity contribution in [1.29, 1.82) is 0 Å². The molecule has 268 valence electrons. The van der Waals surface area contributed by atoms with Crippen LogP contribution in [-0.4, -0.2) is 80.0 Å². The van der Waals surface area contributed by atoms with Gasteiger partial charge in [0.2, 0.25) is 11.6 Å². The van der Waals surface area contributed by atoms with Crippen LogP contribution >= 0.6 is 22.6 Å². The fourth-order valence-corrected chi connectivity index (χ4v) is 5.30. The van der Waals surface area contributed by atoms with E-state index in [-0.39, 0.29) is 29.7 Å². The molecule has 0 unspecified atom stereocenters. The number of esters is 1. The Bertz CT molecular complexity index is 1710. The molecule has 0 bridgehead atoms. The third-order valence-corrected chi connectivity index (χ3v) is 8.02. The van der Waals surface area contributed by atoms with Crippen molar-refractivity contribution in [3.63, 3.8) is 0 Å². The number of hydroxylamine groups is 2. The van der Waals surface area contributed by atoms with Gasteiger partial charge in [-0.1, -0.05) is 47.4 Å². The number of halogens is 1. The summed E-state index contributed by atoms with van der Waals surface area (Å²) >= 11 is 2.23. The average Bonchev–Trinajstić information content (AvgIpc) is 3.48. The lowest BCUT2D eigenvalue weighted by atomic mass is 10.0. The van der Waals surface area contributed by atoms with Gasteiger partial charge in [0.05, 0.1) is 29.3 Å². The lowest BCUT2D eigenvalue weighted by molar-refractivity contribution is -0.745. The number of aromatic nitrogens is 2. The maximum Gasteiger partial charge on any atom is 0.410 e. The molecule has 50 heavy (non-hydrogen) atoms. The summed E-state index contributed by atoms with van der Waals surface area (Å²) in [7, 11) is 0. The number of carbonyl (C=O) groups is 4. The number of nitrogens with zero attached hydrogens (tertiary/aromatic N) is 4. The predicted molar refractivity (Wildman–Crippen MR) is 196 cm³/mol. The molecule has 2 aliphatic heterocycles. The van der Waals surface area contributed by atoms with E-state index in [9.17, 15) is 19.2 Å². The fourth-order valence-electron chi connectivity index (χ4n) is 5.30. The largest absolute Gasteiger partial charge is 0.490 e. The highest BCUT2D eigenvalue weighted by molar-refractivity contribution is 14.1. The minimum atomic E-state index is -1.40. The summed E-state index contributed by atoms with van der Waals surface area (Å²) in [6.07, 6.45) is 3.97. The standard InChI is InChI=1S/C34H41N4O8.C3H5I/c1-8-15-37-27-14-13-24(16-23(27)20-36(37)19-22-17-35(18-22)32(42)45-34(5,6)7)43-21-28(31(41)44-33(2,3)4)46-38-29(39)25-11-9-10-12-26(25)30(38)40;1-2-3-4/h8-14,16,20,22,28H,1,15,17-19,21H2,2-7H3;2H,1,3H2/q+1;/t28-;/m0./s1. The zero-order chi connectivity index (χ0) is 36.8. The number of benzene rings is 2. The van der Waals surface area contributed by atoms with Crippen LogP contribution in [0.2, 0.25) is 0 Å². The van der Waals surface area contributed by atoms with Gasteiger partial charge >= 0.3 is 12.1 Å². The molecule has 5 rings (SSSR count). The molecule has 2 aromatic carbocycles. The second-order valence-electron chi connectivity index (χ2n) is 13.9. The summed E-state index contributed by atoms with van der Waals surface area (Å²) in [4.78, 5) is 58.7. The Balaban J connectivity index is 0.00000133. The van der Waals surface area contributed by atoms with Gasteiger partial charge in [-0.3, -0.25) is 9.59 Å². The first-order valence-electron chi connectivity index (χ1n) is 16.3. The van der Waals surface area contributed by atoms with E-state index in [1.54, 1.807) is 43.9 Å². The monoisotopic (exact) mass is 801 g/mol. The number of carbonyl (C=O) groups excluding carboxylic acids is 4. The molecule has 0 N–H and O–H groups in total. The van der Waals surface area contributed by atoms with Crippen molar-refractivity contribution in [1.82, 2.24) is 14.6 Å². The number of ether oxygens (including phenoxy) is 3. The highest BCUT2D eigenvalue weighted by Crippen LogP contribution is 2.26. The van der Waals surface area contributed by atoms with Crippen LogP contribution in [0, 0.1) is 5.92 Å². The topological polar surface area (TPSA) is 120 Å². The highest BCUT2D eigenvalue weighted by atomic mass is 127. The Morgan fingerprint density at radius 3 is 2.10 bits per heavy atom. The first-order chi connectivity index (χ1) is 23.5. The number of likely N-dealkylation sites (tertiary alicyclic amines) is 1. The molecule has 0 radical (unpaired) electrons. The van der Waals surface area contributed by atoms with Crippen molar-refractivity contribution in [3.05, 3.63) is 85.1 Å². The molecule has 1 saturated heterocycles. The Morgan fingerprint density at radius 1 is 0.960 bits per heavy atom. The second kappa shape index (κ2) is 16.2. The van der Waals surface area contributed by atoms with E-state index in [1.807, 2.05) is 51.3 Å². The van der Waals surface area contributed by atoms with Gasteiger partial charge in [-0.05, 0) is 71.9 Å². The van der Waals surface area contributed by atoms with E-state index in [4.69, 9.17) is 19.0 Å². The molecule has 1 fully saturated rings. The van der Waals surface area contributed by atoms with E-state index in [0.717, 1.165) is 15.3 Å². The molecule has 0 saturated carbocycles. The third-order valence-electron chi connectivity index (χ3n) is 7.40. The lowest BCUT2D eigenvalue weighted by Gasteiger charge is -2.39. The highest BCUT2D eigenvalue weighted by Gasteiger charge is 2.41. The number of allylic oxidation sites excluding steroid dienone is 2. The first kappa shape index (κ1) is 38.6. The number of fused-ring (bicyclic) bond motifs is 2. The SMILES string of the molecule is C=CCI.C=CC[n+]1c2ccc(OC[C@H](ON3C(=O)c4ccccc4C3=O)C(=O)OC(C)(C)C)cc2cn1CC1CN(C(=O)OC(C)(C)C)C1. The Hall–Kier alpha value is -4.24. The molecular weight excluding hydrogens is 755 g/mol. The van der Waals surface area contributed by atoms with Crippen molar-refractivity contribution in [2.45, 2.75) is 71.9 Å². The van der Waals surface area contributed by atoms with Crippen molar-refractivity contribution >= 4 is 57.4 Å². The summed E-state index contributed by atoms with van der Waals surface area (Å²) in [5.41, 5.74) is -0.0501. The quantitative estimate of drug-likeness (QED) is 0.0587. The van der Waals surface area contributed by atoms with Crippen LogP contribution in [0.4, 0.5) is 4.79 Å². The smallest absolute Gasteiger partial charge is 0.410 e. The third kappa shape index (κ3) is 9.71. The molecule has 1 atom stereocenters. The van der Waals surface area contributed by atoms with Crippen LogP contribution in [-0.2, 0) is 32.2 Å². The summed E-state index contributed by atoms with van der Waals surface area (Å²) in [5.74, 6) is -1.39. The normalized spacial score (nSPS) is 15.1. The van der Waals surface area contributed by atoms with E-state index < -0.39 is 35.1 Å². The van der Waals surface area contributed by atoms with E-state index >= 15 is 0 Å². The summed E-state index contributed by atoms with van der Waals surface area (Å²) < 4.78 is 22.2. The maximum atomic E-state index is 13.1. The van der Waals surface area contributed by atoms with Crippen LogP contribution < -0.4 is 9.42 Å². The fraction of sp³-hybridized carbons (Fsp3) is 0.432. The van der Waals surface area contributed by atoms with Crippen molar-refractivity contribution in [2.24, 2.45) is 5.92 Å². The van der Waals surface area contributed by atoms with E-state index in [2.05, 4.69) is 45.1 Å². The van der Waals surface area contributed by atoms with Crippen molar-refractivity contribution in [3.8, 4) is 5.75 Å². The van der Waals surface area contributed by atoms with Crippen LogP contribution in [0.5, 0.6) is 5.75 Å². The van der Waals surface area contributed by atoms with Crippen LogP contribution in [0.3, 0.4) is 0 Å². The van der Waals surface area contributed by atoms with Gasteiger partial charge < -0.3 is 19.1 Å². The summed E-state index contributed by atoms with van der Waals surface area (Å²) in [6, 6.07) is 11.9. The molecule has 1 aromatic heterocycles. The zero-order valence-electron chi connectivity index (χ0n) is 29.5. The van der Waals surface area contributed by atoms with Crippen LogP contribution in [0.1, 0.15) is 62.3 Å². The predicted octanol–water partition coefficient (Wildman–Crippen LogP) is 5.91. The number of hydrogen-bond acceptors (Lipinski definition) is 8. The van der Waals surface area contributed by atoms with Crippen LogP contribution in [0.15, 0.2) is 74.0 Å². The Morgan fingerprint density at radius 2 is 1.56 bits per heavy atom. The van der Waals surface area contributed by atoms with Crippen LogP contribution in [0.25, 0.3) is 10.9 Å². The summed E-state index contributed by atoms with van der Waals surface area (Å²) in [5, 5.41) is 1.48. The molecule has 2 aliphatic rings. The van der Waals surface area contributed by atoms with E-state index in [1.165, 1.54) is 12.1 Å². The first-order valence-corrected chi connectivity index (χ1v) is 17.9. The molecule has 0 aliphatic carbocycles. The molecule has 3 aromatic rings. The Labute approximate surface area is 306 Å². The van der Waals surface area contributed by atoms with E-state index in [0.29, 0.717) is 37.0 Å². The van der Waals surface area contributed by atoms with Gasteiger partial charge in [-0.2, -0.15) is 4.68 Å².